The number of hydrogen-bond donors (Lipinski definition) is 0. The molecule has 4 heterocycles. The Kier molecular flexibility index (Phi) is 4.20. The van der Waals surface area contributed by atoms with Crippen LogP contribution in [0.4, 0.5) is 0 Å². The highest BCUT2D eigenvalue weighted by atomic mass is 16.5. The number of pyridine rings is 2. The maximum absolute atomic E-state index is 13.0. The minimum absolute atomic E-state index is 0.0193. The second-order valence-electron chi connectivity index (χ2n) is 6.86. The maximum atomic E-state index is 13.0. The van der Waals surface area contributed by atoms with Crippen LogP contribution in [0.25, 0.3) is 22.5 Å². The molecule has 3 aromatic heterocycles. The number of oxazole rings is 1. The predicted octanol–water partition coefficient (Wildman–Crippen LogP) is 3.49. The largest absolute Gasteiger partial charge is 0.497 e. The van der Waals surface area contributed by atoms with E-state index in [0.29, 0.717) is 36.7 Å². The van der Waals surface area contributed by atoms with Crippen molar-refractivity contribution < 1.29 is 13.9 Å². The van der Waals surface area contributed by atoms with Gasteiger partial charge in [0.15, 0.2) is 0 Å². The van der Waals surface area contributed by atoms with Gasteiger partial charge in [-0.15, -0.1) is 0 Å². The van der Waals surface area contributed by atoms with E-state index in [1.165, 1.54) is 6.26 Å². The highest BCUT2D eigenvalue weighted by Gasteiger charge is 2.31. The highest BCUT2D eigenvalue weighted by molar-refractivity contribution is 6.00. The molecule has 0 fully saturated rings. The number of fused-ring (bicyclic) bond motifs is 2. The van der Waals surface area contributed by atoms with Crippen LogP contribution in [-0.4, -0.2) is 39.4 Å². The summed E-state index contributed by atoms with van der Waals surface area (Å²) in [5.74, 6) is 1.07. The third-order valence-corrected chi connectivity index (χ3v) is 5.14. The van der Waals surface area contributed by atoms with E-state index < -0.39 is 0 Å². The van der Waals surface area contributed by atoms with E-state index in [1.54, 1.807) is 25.6 Å². The summed E-state index contributed by atoms with van der Waals surface area (Å²) in [6, 6.07) is 11.4. The lowest BCUT2D eigenvalue weighted by Crippen LogP contribution is -2.26. The number of carbonyl (C=O) groups excluding carboxylic acids is 1. The molecule has 7 nitrogen and oxygen atoms in total. The number of nitrogens with zero attached hydrogens (tertiary/aromatic N) is 4. The monoisotopic (exact) mass is 386 g/mol. The van der Waals surface area contributed by atoms with E-state index in [9.17, 15) is 4.79 Å². The SMILES string of the molecule is COc1cc2c(c(-c3ncco3)c1)CN(CCc1ccc3ncccc3n1)C2=O. The van der Waals surface area contributed by atoms with Gasteiger partial charge in [0, 0.05) is 42.5 Å². The first-order valence-electron chi connectivity index (χ1n) is 9.33. The first-order chi connectivity index (χ1) is 14.2. The average molecular weight is 386 g/mol. The number of amides is 1. The van der Waals surface area contributed by atoms with E-state index in [4.69, 9.17) is 9.15 Å². The van der Waals surface area contributed by atoms with Crippen molar-refractivity contribution in [3.63, 3.8) is 0 Å². The van der Waals surface area contributed by atoms with Crippen LogP contribution in [-0.2, 0) is 13.0 Å². The molecule has 144 valence electrons. The van der Waals surface area contributed by atoms with Crippen molar-refractivity contribution in [1.29, 1.82) is 0 Å². The van der Waals surface area contributed by atoms with Gasteiger partial charge in [-0.05, 0) is 42.0 Å². The molecular weight excluding hydrogens is 368 g/mol. The number of benzene rings is 1. The number of carbonyl (C=O) groups is 1. The topological polar surface area (TPSA) is 81.3 Å². The molecule has 0 bridgehead atoms. The molecule has 1 amide bonds. The summed E-state index contributed by atoms with van der Waals surface area (Å²) in [7, 11) is 1.58. The first kappa shape index (κ1) is 17.4. The molecular formula is C22H18N4O3. The lowest BCUT2D eigenvalue weighted by Gasteiger charge is -2.15. The van der Waals surface area contributed by atoms with Crippen LogP contribution in [0, 0.1) is 0 Å². The Labute approximate surface area is 167 Å². The van der Waals surface area contributed by atoms with Crippen molar-refractivity contribution in [3.8, 4) is 17.2 Å². The third-order valence-electron chi connectivity index (χ3n) is 5.14. The van der Waals surface area contributed by atoms with E-state index in [-0.39, 0.29) is 5.91 Å². The standard InChI is InChI=1S/C22H18N4O3/c1-28-15-11-16(21-24-8-10-29-21)18-13-26(22(27)17(18)12-15)9-6-14-4-5-19-20(25-14)3-2-7-23-19/h2-5,7-8,10-12H,6,9,13H2,1H3. The molecule has 0 radical (unpaired) electrons. The van der Waals surface area contributed by atoms with Gasteiger partial charge in [-0.1, -0.05) is 0 Å². The molecule has 0 atom stereocenters. The molecule has 0 unspecified atom stereocenters. The van der Waals surface area contributed by atoms with Crippen molar-refractivity contribution in [2.45, 2.75) is 13.0 Å². The Morgan fingerprint density at radius 2 is 2.00 bits per heavy atom. The first-order valence-corrected chi connectivity index (χ1v) is 9.33. The summed E-state index contributed by atoms with van der Waals surface area (Å²) in [6.07, 6.45) is 5.53. The normalized spacial score (nSPS) is 13.1. The Hall–Kier alpha value is -3.74. The fourth-order valence-corrected chi connectivity index (χ4v) is 3.67. The van der Waals surface area contributed by atoms with Crippen LogP contribution in [0.1, 0.15) is 21.6 Å². The van der Waals surface area contributed by atoms with Gasteiger partial charge in [-0.25, -0.2) is 4.98 Å². The molecule has 0 saturated heterocycles. The molecule has 0 saturated carbocycles. The Morgan fingerprint density at radius 1 is 1.10 bits per heavy atom. The summed E-state index contributed by atoms with van der Waals surface area (Å²) in [6.45, 7) is 1.07. The van der Waals surface area contributed by atoms with Gasteiger partial charge in [0.05, 0.1) is 24.3 Å². The maximum Gasteiger partial charge on any atom is 0.254 e. The Balaban J connectivity index is 1.40. The van der Waals surface area contributed by atoms with Crippen LogP contribution in [0.2, 0.25) is 0 Å². The van der Waals surface area contributed by atoms with Crippen molar-refractivity contribution >= 4 is 16.9 Å². The number of rotatable bonds is 5. The second kappa shape index (κ2) is 7.01. The van der Waals surface area contributed by atoms with Crippen LogP contribution in [0.5, 0.6) is 5.75 Å². The zero-order valence-electron chi connectivity index (χ0n) is 15.8. The number of ether oxygens (including phenoxy) is 1. The van der Waals surface area contributed by atoms with Gasteiger partial charge in [-0.2, -0.15) is 0 Å². The Bertz CT molecular complexity index is 1200. The summed E-state index contributed by atoms with van der Waals surface area (Å²) < 4.78 is 10.8. The fourth-order valence-electron chi connectivity index (χ4n) is 3.67. The molecule has 1 aliphatic heterocycles. The molecule has 5 rings (SSSR count). The van der Waals surface area contributed by atoms with Crippen molar-refractivity contribution in [1.82, 2.24) is 19.9 Å². The van der Waals surface area contributed by atoms with Crippen molar-refractivity contribution in [2.24, 2.45) is 0 Å². The minimum atomic E-state index is -0.0193. The lowest BCUT2D eigenvalue weighted by atomic mass is 10.0. The molecule has 0 aliphatic carbocycles. The number of hydrogen-bond acceptors (Lipinski definition) is 6. The predicted molar refractivity (Wildman–Crippen MR) is 106 cm³/mol. The van der Waals surface area contributed by atoms with Crippen LogP contribution in [0.3, 0.4) is 0 Å². The summed E-state index contributed by atoms with van der Waals surface area (Å²) in [4.78, 5) is 28.0. The van der Waals surface area contributed by atoms with Gasteiger partial charge in [0.25, 0.3) is 5.91 Å². The fraction of sp³-hybridized carbons (Fsp3) is 0.182. The second-order valence-corrected chi connectivity index (χ2v) is 6.86. The van der Waals surface area contributed by atoms with Crippen LogP contribution < -0.4 is 4.74 Å². The average Bonchev–Trinajstić information content (AvgIpc) is 3.40. The van der Waals surface area contributed by atoms with Crippen LogP contribution >= 0.6 is 0 Å². The quantitative estimate of drug-likeness (QED) is 0.522. The minimum Gasteiger partial charge on any atom is -0.497 e. The number of methoxy groups -OCH3 is 1. The van der Waals surface area contributed by atoms with E-state index in [0.717, 1.165) is 27.9 Å². The summed E-state index contributed by atoms with van der Waals surface area (Å²) in [5.41, 5.74) is 4.98. The van der Waals surface area contributed by atoms with Crippen molar-refractivity contribution in [2.75, 3.05) is 13.7 Å². The molecule has 4 aromatic rings. The zero-order valence-corrected chi connectivity index (χ0v) is 15.8. The Morgan fingerprint density at radius 3 is 2.83 bits per heavy atom. The highest BCUT2D eigenvalue weighted by Crippen LogP contribution is 2.35. The summed E-state index contributed by atoms with van der Waals surface area (Å²) in [5, 5.41) is 0. The van der Waals surface area contributed by atoms with E-state index in [2.05, 4.69) is 15.0 Å². The van der Waals surface area contributed by atoms with Gasteiger partial charge >= 0.3 is 0 Å². The molecule has 1 aromatic carbocycles. The molecule has 7 heteroatoms. The lowest BCUT2D eigenvalue weighted by molar-refractivity contribution is 0.0780. The molecule has 29 heavy (non-hydrogen) atoms. The van der Waals surface area contributed by atoms with E-state index >= 15 is 0 Å². The molecule has 1 aliphatic rings. The van der Waals surface area contributed by atoms with Gasteiger partial charge in [-0.3, -0.25) is 14.8 Å². The van der Waals surface area contributed by atoms with Crippen LogP contribution in [0.15, 0.2) is 59.5 Å². The molecule has 0 spiro atoms. The third kappa shape index (κ3) is 3.10. The summed E-state index contributed by atoms with van der Waals surface area (Å²) >= 11 is 0. The van der Waals surface area contributed by atoms with Gasteiger partial charge < -0.3 is 14.1 Å². The van der Waals surface area contributed by atoms with E-state index in [1.807, 2.05) is 35.2 Å². The van der Waals surface area contributed by atoms with Gasteiger partial charge in [0.1, 0.15) is 12.0 Å². The molecule has 0 N–H and O–H groups in total. The van der Waals surface area contributed by atoms with Crippen molar-refractivity contribution in [3.05, 3.63) is 71.9 Å². The smallest absolute Gasteiger partial charge is 0.254 e. The number of aromatic nitrogens is 3. The van der Waals surface area contributed by atoms with Gasteiger partial charge in [0.2, 0.25) is 5.89 Å². The zero-order chi connectivity index (χ0) is 19.8.